The predicted octanol–water partition coefficient (Wildman–Crippen LogP) is 3.43. The minimum absolute atomic E-state index is 0.233. The highest BCUT2D eigenvalue weighted by atomic mass is 32.1. The van der Waals surface area contributed by atoms with Crippen LogP contribution in [0.4, 0.5) is 5.82 Å². The molecule has 29 heavy (non-hydrogen) atoms. The fourth-order valence-corrected chi connectivity index (χ4v) is 4.93. The molecule has 2 N–H and O–H groups in total. The first-order valence-corrected chi connectivity index (χ1v) is 10.6. The lowest BCUT2D eigenvalue weighted by Crippen LogP contribution is -2.16. The van der Waals surface area contributed by atoms with Crippen molar-refractivity contribution >= 4 is 23.1 Å². The maximum absolute atomic E-state index is 12.6. The number of thiazole rings is 1. The van der Waals surface area contributed by atoms with Crippen LogP contribution < -0.4 is 5.32 Å². The zero-order chi connectivity index (χ0) is 20.4. The molecule has 0 saturated heterocycles. The van der Waals surface area contributed by atoms with E-state index in [4.69, 9.17) is 4.74 Å². The van der Waals surface area contributed by atoms with Gasteiger partial charge < -0.3 is 10.1 Å². The van der Waals surface area contributed by atoms with E-state index in [-0.39, 0.29) is 5.91 Å². The highest BCUT2D eigenvalue weighted by molar-refractivity contribution is 7.11. The van der Waals surface area contributed by atoms with Crippen LogP contribution in [0.2, 0.25) is 0 Å². The van der Waals surface area contributed by atoms with Crippen LogP contribution in [-0.2, 0) is 24.8 Å². The van der Waals surface area contributed by atoms with Gasteiger partial charge in [-0.2, -0.15) is 10.2 Å². The number of methoxy groups -OCH3 is 1. The zero-order valence-electron chi connectivity index (χ0n) is 16.9. The summed E-state index contributed by atoms with van der Waals surface area (Å²) in [5, 5.41) is 15.8. The lowest BCUT2D eigenvalue weighted by atomic mass is 10.00. The molecule has 9 heteroatoms. The Labute approximate surface area is 173 Å². The molecule has 154 valence electrons. The largest absolute Gasteiger partial charge is 0.378 e. The van der Waals surface area contributed by atoms with Crippen LogP contribution in [0.15, 0.2) is 18.3 Å². The average molecular weight is 415 g/mol. The number of nitrogens with one attached hydrogen (secondary N) is 2. The number of amides is 1. The second-order valence-corrected chi connectivity index (χ2v) is 9.00. The summed E-state index contributed by atoms with van der Waals surface area (Å²) in [5.74, 6) is 1.41. The summed E-state index contributed by atoms with van der Waals surface area (Å²) in [5.41, 5.74) is 2.28. The maximum atomic E-state index is 12.6. The van der Waals surface area contributed by atoms with Gasteiger partial charge in [-0.25, -0.2) is 4.98 Å². The van der Waals surface area contributed by atoms with E-state index < -0.39 is 0 Å². The van der Waals surface area contributed by atoms with Crippen molar-refractivity contribution in [2.45, 2.75) is 45.1 Å². The van der Waals surface area contributed by atoms with E-state index in [1.54, 1.807) is 36.2 Å². The van der Waals surface area contributed by atoms with Crippen LogP contribution in [0, 0.1) is 12.8 Å². The summed E-state index contributed by atoms with van der Waals surface area (Å²) < 4.78 is 6.63. The van der Waals surface area contributed by atoms with Crippen LogP contribution in [0.25, 0.3) is 0 Å². The summed E-state index contributed by atoms with van der Waals surface area (Å²) in [6.45, 7) is 2.47. The fraction of sp³-hybridized carbons (Fsp3) is 0.500. The van der Waals surface area contributed by atoms with Crippen LogP contribution >= 0.6 is 11.3 Å². The SMILES string of the molecule is COCc1cc(C(=O)Nc2cc([C@H]3CC[C@H](Cc4ncc(C)s4)C3)[nH]n2)n(C)n1. The molecular weight excluding hydrogens is 388 g/mol. The molecule has 0 radical (unpaired) electrons. The van der Waals surface area contributed by atoms with Crippen molar-refractivity contribution in [2.75, 3.05) is 12.4 Å². The van der Waals surface area contributed by atoms with Crippen molar-refractivity contribution < 1.29 is 9.53 Å². The van der Waals surface area contributed by atoms with Crippen LogP contribution in [0.5, 0.6) is 0 Å². The first-order valence-electron chi connectivity index (χ1n) is 9.81. The number of carbonyl (C=O) groups is 1. The molecule has 1 saturated carbocycles. The van der Waals surface area contributed by atoms with Crippen molar-refractivity contribution in [3.63, 3.8) is 0 Å². The highest BCUT2D eigenvalue weighted by Crippen LogP contribution is 2.39. The van der Waals surface area contributed by atoms with E-state index in [9.17, 15) is 4.79 Å². The molecule has 3 aromatic heterocycles. The number of H-pyrrole nitrogens is 1. The van der Waals surface area contributed by atoms with Gasteiger partial charge in [-0.05, 0) is 38.2 Å². The van der Waals surface area contributed by atoms with E-state index in [0.29, 0.717) is 30.0 Å². The van der Waals surface area contributed by atoms with Crippen molar-refractivity contribution in [3.8, 4) is 0 Å². The Bertz CT molecular complexity index is 991. The van der Waals surface area contributed by atoms with Gasteiger partial charge in [-0.15, -0.1) is 11.3 Å². The van der Waals surface area contributed by atoms with Gasteiger partial charge in [-0.1, -0.05) is 0 Å². The summed E-state index contributed by atoms with van der Waals surface area (Å²) in [7, 11) is 3.35. The van der Waals surface area contributed by atoms with E-state index in [1.807, 2.05) is 12.3 Å². The third-order valence-corrected chi connectivity index (χ3v) is 6.34. The molecule has 3 aromatic rings. The van der Waals surface area contributed by atoms with Gasteiger partial charge in [0.1, 0.15) is 5.69 Å². The number of aromatic amines is 1. The van der Waals surface area contributed by atoms with Gasteiger partial charge >= 0.3 is 0 Å². The third-order valence-electron chi connectivity index (χ3n) is 5.41. The number of nitrogens with zero attached hydrogens (tertiary/aromatic N) is 4. The van der Waals surface area contributed by atoms with Crippen LogP contribution in [0.3, 0.4) is 0 Å². The normalized spacial score (nSPS) is 19.0. The van der Waals surface area contributed by atoms with Crippen LogP contribution in [-0.4, -0.2) is 38.0 Å². The number of anilines is 1. The number of rotatable bonds is 7. The molecule has 1 aliphatic carbocycles. The summed E-state index contributed by atoms with van der Waals surface area (Å²) in [6, 6.07) is 3.68. The number of hydrogen-bond acceptors (Lipinski definition) is 6. The number of aromatic nitrogens is 5. The molecule has 1 fully saturated rings. The Morgan fingerprint density at radius 2 is 2.28 bits per heavy atom. The highest BCUT2D eigenvalue weighted by Gasteiger charge is 2.28. The van der Waals surface area contributed by atoms with Gasteiger partial charge in [-0.3, -0.25) is 14.6 Å². The molecule has 0 unspecified atom stereocenters. The predicted molar refractivity (Wildman–Crippen MR) is 111 cm³/mol. The lowest BCUT2D eigenvalue weighted by molar-refractivity contribution is 0.101. The minimum atomic E-state index is -0.233. The Balaban J connectivity index is 1.35. The monoisotopic (exact) mass is 414 g/mol. The van der Waals surface area contributed by atoms with E-state index >= 15 is 0 Å². The molecule has 0 spiro atoms. The molecule has 3 heterocycles. The van der Waals surface area contributed by atoms with Crippen molar-refractivity contribution in [3.05, 3.63) is 45.3 Å². The first kappa shape index (κ1) is 19.8. The molecule has 0 aromatic carbocycles. The number of aryl methyl sites for hydroxylation is 2. The van der Waals surface area contributed by atoms with E-state index in [0.717, 1.165) is 30.7 Å². The maximum Gasteiger partial charge on any atom is 0.275 e. The quantitative estimate of drug-likeness (QED) is 0.617. The molecular formula is C20H26N6O2S. The topological polar surface area (TPSA) is 97.7 Å². The zero-order valence-corrected chi connectivity index (χ0v) is 17.8. The molecule has 0 bridgehead atoms. The Hall–Kier alpha value is -2.52. The second-order valence-electron chi connectivity index (χ2n) is 7.68. The molecule has 4 rings (SSSR count). The van der Waals surface area contributed by atoms with Gasteiger partial charge in [0.2, 0.25) is 0 Å². The van der Waals surface area contributed by atoms with Crippen molar-refractivity contribution in [2.24, 2.45) is 13.0 Å². The van der Waals surface area contributed by atoms with Gasteiger partial charge in [0.15, 0.2) is 5.82 Å². The second kappa shape index (κ2) is 8.46. The fourth-order valence-electron chi connectivity index (χ4n) is 4.03. The minimum Gasteiger partial charge on any atom is -0.378 e. The molecule has 0 aliphatic heterocycles. The number of carbonyl (C=O) groups excluding carboxylic acids is 1. The Kier molecular flexibility index (Phi) is 5.77. The standard InChI is InChI=1S/C20H26N6O2S/c1-12-10-21-19(29-12)7-13-4-5-14(6-13)16-9-18(24-23-16)22-20(27)17-8-15(11-28-3)25-26(17)2/h8-10,13-14H,4-7,11H2,1-3H3,(H2,22,23,24,27)/t13-,14-/m0/s1. The average Bonchev–Trinajstić information content (AvgIpc) is 3.45. The smallest absolute Gasteiger partial charge is 0.275 e. The first-order chi connectivity index (χ1) is 14.0. The summed E-state index contributed by atoms with van der Waals surface area (Å²) in [4.78, 5) is 18.3. The molecule has 2 atom stereocenters. The summed E-state index contributed by atoms with van der Waals surface area (Å²) in [6.07, 6.45) is 6.46. The number of hydrogen-bond donors (Lipinski definition) is 2. The third kappa shape index (κ3) is 4.56. The van der Waals surface area contributed by atoms with Gasteiger partial charge in [0.05, 0.1) is 17.3 Å². The van der Waals surface area contributed by atoms with E-state index in [1.165, 1.54) is 16.3 Å². The van der Waals surface area contributed by atoms with Crippen molar-refractivity contribution in [1.82, 2.24) is 25.0 Å². The lowest BCUT2D eigenvalue weighted by Gasteiger charge is -2.08. The van der Waals surface area contributed by atoms with Gasteiger partial charge in [0, 0.05) is 49.3 Å². The Morgan fingerprint density at radius 3 is 3.03 bits per heavy atom. The summed E-state index contributed by atoms with van der Waals surface area (Å²) >= 11 is 1.79. The molecule has 1 aliphatic rings. The Morgan fingerprint density at radius 1 is 1.41 bits per heavy atom. The van der Waals surface area contributed by atoms with Gasteiger partial charge in [0.25, 0.3) is 5.91 Å². The molecule has 1 amide bonds. The van der Waals surface area contributed by atoms with Crippen molar-refractivity contribution in [1.29, 1.82) is 0 Å². The number of ether oxygens (including phenoxy) is 1. The van der Waals surface area contributed by atoms with E-state index in [2.05, 4.69) is 32.5 Å². The van der Waals surface area contributed by atoms with Crippen LogP contribution in [0.1, 0.15) is 56.9 Å². The molecule has 8 nitrogen and oxygen atoms in total.